The first-order valence-corrected chi connectivity index (χ1v) is 37.2. The van der Waals surface area contributed by atoms with E-state index in [4.69, 9.17) is 138 Å². The minimum absolute atomic E-state index is 0.0172. The third-order valence-corrected chi connectivity index (χ3v) is 13.4. The number of unbranched alkanes of at least 4 members (excludes halogenated alkanes) is 11. The summed E-state index contributed by atoms with van der Waals surface area (Å²) in [5, 5.41) is 8.62. The number of ether oxygens (including phenoxy) is 28. The van der Waals surface area contributed by atoms with E-state index in [-0.39, 0.29) is 6.61 Å². The second kappa shape index (κ2) is 96.8. The molecule has 0 aromatic carbocycles. The van der Waals surface area contributed by atoms with Crippen molar-refractivity contribution in [1.82, 2.24) is 0 Å². The van der Waals surface area contributed by atoms with E-state index in [0.29, 0.717) is 363 Å². The molecular formula is C70H142O29. The Labute approximate surface area is 596 Å². The molecule has 0 rings (SSSR count). The van der Waals surface area contributed by atoms with Crippen LogP contribution in [0.1, 0.15) is 84.0 Å². The summed E-state index contributed by atoms with van der Waals surface area (Å²) in [6.07, 6.45) is 16.2. The normalized spacial score (nSPS) is 11.8. The summed E-state index contributed by atoms with van der Waals surface area (Å²) in [5.74, 6) is 0. The molecule has 0 radical (unpaired) electrons. The van der Waals surface area contributed by atoms with Crippen molar-refractivity contribution in [3.63, 3.8) is 0 Å². The largest absolute Gasteiger partial charge is 0.394 e. The standard InChI is InChI=1S/C70H142O29/c1-2-3-4-5-6-7-8-9-10-11-12-13-15-72-17-19-74-21-23-76-25-27-78-29-31-80-33-35-82-37-39-84-41-43-86-45-47-88-49-51-90-53-55-92-57-59-94-61-63-96-65-67-98-69-70-99-68-66-97-64-62-95-60-58-93-56-54-91-52-50-89-48-46-87-44-42-85-40-38-83-36-34-81-32-30-79-28-26-77-24-22-75-20-18-73-16-14-71/h71H,2-70H2,1H3. The maximum atomic E-state index is 8.62. The van der Waals surface area contributed by atoms with Crippen molar-refractivity contribution in [2.75, 3.05) is 377 Å². The zero-order valence-electron chi connectivity index (χ0n) is 61.7. The molecule has 0 unspecified atom stereocenters. The van der Waals surface area contributed by atoms with Crippen LogP contribution in [0.4, 0.5) is 0 Å². The van der Waals surface area contributed by atoms with Crippen LogP contribution in [0.25, 0.3) is 0 Å². The number of aliphatic hydroxyl groups is 1. The first-order chi connectivity index (χ1) is 49.4. The second-order valence-corrected chi connectivity index (χ2v) is 21.8. The van der Waals surface area contributed by atoms with E-state index in [2.05, 4.69) is 6.92 Å². The molecule has 0 spiro atoms. The van der Waals surface area contributed by atoms with Gasteiger partial charge in [0.25, 0.3) is 0 Å². The fraction of sp³-hybridized carbons (Fsp3) is 1.00. The molecule has 99 heavy (non-hydrogen) atoms. The van der Waals surface area contributed by atoms with Gasteiger partial charge in [-0.1, -0.05) is 77.6 Å². The summed E-state index contributed by atoms with van der Waals surface area (Å²) in [4.78, 5) is 0. The molecule has 0 saturated carbocycles. The Hall–Kier alpha value is -1.16. The van der Waals surface area contributed by atoms with Crippen LogP contribution in [0.2, 0.25) is 0 Å². The van der Waals surface area contributed by atoms with Crippen molar-refractivity contribution in [1.29, 1.82) is 0 Å². The molecule has 0 bridgehead atoms. The number of aliphatic hydroxyl groups excluding tert-OH is 1. The molecule has 29 nitrogen and oxygen atoms in total. The van der Waals surface area contributed by atoms with Crippen LogP contribution < -0.4 is 0 Å². The highest BCUT2D eigenvalue weighted by Gasteiger charge is 2.03. The molecule has 0 aromatic heterocycles. The van der Waals surface area contributed by atoms with Crippen LogP contribution in [0.3, 0.4) is 0 Å². The molecule has 0 fully saturated rings. The first-order valence-electron chi connectivity index (χ1n) is 37.2. The maximum Gasteiger partial charge on any atom is 0.0701 e. The highest BCUT2D eigenvalue weighted by molar-refractivity contribution is 4.50. The molecule has 0 aromatic rings. The number of hydrogen-bond acceptors (Lipinski definition) is 29. The van der Waals surface area contributed by atoms with Gasteiger partial charge in [-0.05, 0) is 6.42 Å². The Morgan fingerprint density at radius 2 is 0.202 bits per heavy atom. The minimum Gasteiger partial charge on any atom is -0.394 e. The topological polar surface area (TPSA) is 279 Å². The van der Waals surface area contributed by atoms with Crippen LogP contribution in [-0.4, -0.2) is 382 Å². The van der Waals surface area contributed by atoms with E-state index < -0.39 is 0 Å². The van der Waals surface area contributed by atoms with Gasteiger partial charge in [0.2, 0.25) is 0 Å². The smallest absolute Gasteiger partial charge is 0.0701 e. The van der Waals surface area contributed by atoms with Crippen LogP contribution in [0.5, 0.6) is 0 Å². The molecule has 0 aliphatic heterocycles. The van der Waals surface area contributed by atoms with E-state index in [1.54, 1.807) is 0 Å². The summed E-state index contributed by atoms with van der Waals surface area (Å²) >= 11 is 0. The number of rotatable bonds is 96. The molecule has 29 heteroatoms. The average Bonchev–Trinajstić information content (AvgIpc) is 3.64. The minimum atomic E-state index is 0.0172. The summed E-state index contributed by atoms with van der Waals surface area (Å²) in [6, 6.07) is 0. The van der Waals surface area contributed by atoms with Crippen molar-refractivity contribution < 1.29 is 138 Å². The molecule has 1 N–H and O–H groups in total. The molecule has 0 atom stereocenters. The monoisotopic (exact) mass is 1450 g/mol. The quantitative estimate of drug-likeness (QED) is 0.0771. The summed E-state index contributed by atoms with van der Waals surface area (Å²) in [5.41, 5.74) is 0. The Kier molecular flexibility index (Phi) is 95.7. The van der Waals surface area contributed by atoms with E-state index in [1.165, 1.54) is 70.6 Å². The van der Waals surface area contributed by atoms with E-state index in [9.17, 15) is 0 Å². The molecule has 0 aliphatic rings. The van der Waals surface area contributed by atoms with Crippen LogP contribution >= 0.6 is 0 Å². The van der Waals surface area contributed by atoms with Gasteiger partial charge in [-0.2, -0.15) is 0 Å². The van der Waals surface area contributed by atoms with Gasteiger partial charge in [0, 0.05) is 6.61 Å². The van der Waals surface area contributed by atoms with Crippen molar-refractivity contribution in [3.8, 4) is 0 Å². The molecule has 596 valence electrons. The van der Waals surface area contributed by atoms with Gasteiger partial charge < -0.3 is 138 Å². The highest BCUT2D eigenvalue weighted by atomic mass is 16.6. The first kappa shape index (κ1) is 97.8. The Balaban J connectivity index is 3.09. The van der Waals surface area contributed by atoms with Gasteiger partial charge in [0.05, 0.1) is 370 Å². The molecule has 0 aliphatic carbocycles. The van der Waals surface area contributed by atoms with E-state index >= 15 is 0 Å². The van der Waals surface area contributed by atoms with Crippen molar-refractivity contribution in [2.24, 2.45) is 0 Å². The van der Waals surface area contributed by atoms with Crippen LogP contribution in [-0.2, 0) is 133 Å². The summed E-state index contributed by atoms with van der Waals surface area (Å²) in [7, 11) is 0. The summed E-state index contributed by atoms with van der Waals surface area (Å²) in [6.45, 7) is 30.3. The van der Waals surface area contributed by atoms with Gasteiger partial charge in [-0.3, -0.25) is 0 Å². The molecule has 0 heterocycles. The predicted octanol–water partition coefficient (Wildman–Crippen LogP) is 5.14. The Bertz CT molecular complexity index is 1270. The summed E-state index contributed by atoms with van der Waals surface area (Å²) < 4.78 is 154. The van der Waals surface area contributed by atoms with Gasteiger partial charge >= 0.3 is 0 Å². The lowest BCUT2D eigenvalue weighted by Gasteiger charge is -2.09. The molecule has 0 saturated heterocycles. The SMILES string of the molecule is CCCCCCCCCCCCCCOCCOCCOCCOCCOCCOCCOCCOCCOCCOCCOCCOCCOCCOCCOCCOCCOCCOCCOCCOCCOCCOCCOCCOCCOCCOCCOCCOCCO. The zero-order chi connectivity index (χ0) is 70.6. The lowest BCUT2D eigenvalue weighted by molar-refractivity contribution is -0.0323. The third-order valence-electron chi connectivity index (χ3n) is 13.4. The third kappa shape index (κ3) is 96.8. The Morgan fingerprint density at radius 3 is 0.313 bits per heavy atom. The van der Waals surface area contributed by atoms with Crippen molar-refractivity contribution >= 4 is 0 Å². The molecular weight excluding hydrogens is 1300 g/mol. The van der Waals surface area contributed by atoms with Gasteiger partial charge in [0.15, 0.2) is 0 Å². The fourth-order valence-electron chi connectivity index (χ4n) is 8.15. The lowest BCUT2D eigenvalue weighted by atomic mass is 10.1. The lowest BCUT2D eigenvalue weighted by Crippen LogP contribution is -2.16. The highest BCUT2D eigenvalue weighted by Crippen LogP contribution is 2.12. The maximum absolute atomic E-state index is 8.62. The fourth-order valence-corrected chi connectivity index (χ4v) is 8.15. The van der Waals surface area contributed by atoms with Gasteiger partial charge in [0.1, 0.15) is 0 Å². The van der Waals surface area contributed by atoms with Crippen LogP contribution in [0.15, 0.2) is 0 Å². The number of hydrogen-bond donors (Lipinski definition) is 1. The van der Waals surface area contributed by atoms with E-state index in [1.807, 2.05) is 0 Å². The zero-order valence-corrected chi connectivity index (χ0v) is 61.7. The second-order valence-electron chi connectivity index (χ2n) is 21.8. The molecule has 0 amide bonds. The Morgan fingerprint density at radius 1 is 0.111 bits per heavy atom. The van der Waals surface area contributed by atoms with E-state index in [0.717, 1.165) is 13.0 Å². The average molecular weight is 1450 g/mol. The van der Waals surface area contributed by atoms with Crippen molar-refractivity contribution in [2.45, 2.75) is 84.0 Å². The predicted molar refractivity (Wildman–Crippen MR) is 371 cm³/mol. The van der Waals surface area contributed by atoms with Gasteiger partial charge in [-0.15, -0.1) is 0 Å². The van der Waals surface area contributed by atoms with Crippen LogP contribution in [0, 0.1) is 0 Å². The van der Waals surface area contributed by atoms with Crippen molar-refractivity contribution in [3.05, 3.63) is 0 Å². The van der Waals surface area contributed by atoms with Gasteiger partial charge in [-0.25, -0.2) is 0 Å².